The van der Waals surface area contributed by atoms with Crippen LogP contribution in [0.5, 0.6) is 0 Å². The third-order valence-corrected chi connectivity index (χ3v) is 5.41. The maximum absolute atomic E-state index is 13.5. The SMILES string of the molecule is CC1=C(C(=O)OC2CCCCCC2)C(c2ccccc2C(F)(F)F)CC(=O)N1. The second-order valence-electron chi connectivity index (χ2n) is 7.45. The smallest absolute Gasteiger partial charge is 0.416 e. The van der Waals surface area contributed by atoms with Gasteiger partial charge in [0.25, 0.3) is 0 Å². The molecule has 1 aliphatic carbocycles. The number of halogens is 3. The molecule has 0 bridgehead atoms. The predicted octanol–water partition coefficient (Wildman–Crippen LogP) is 4.85. The van der Waals surface area contributed by atoms with Crippen molar-refractivity contribution in [1.29, 1.82) is 0 Å². The van der Waals surface area contributed by atoms with E-state index in [-0.39, 0.29) is 29.4 Å². The van der Waals surface area contributed by atoms with Crippen LogP contribution in [0.1, 0.15) is 68.9 Å². The zero-order valence-corrected chi connectivity index (χ0v) is 15.8. The molecule has 3 rings (SSSR count). The van der Waals surface area contributed by atoms with Crippen molar-refractivity contribution in [3.63, 3.8) is 0 Å². The first-order chi connectivity index (χ1) is 13.3. The van der Waals surface area contributed by atoms with Crippen molar-refractivity contribution in [2.24, 2.45) is 0 Å². The van der Waals surface area contributed by atoms with Gasteiger partial charge in [0, 0.05) is 18.0 Å². The van der Waals surface area contributed by atoms with Crippen LogP contribution >= 0.6 is 0 Å². The summed E-state index contributed by atoms with van der Waals surface area (Å²) >= 11 is 0. The first-order valence-electron chi connectivity index (χ1n) is 9.65. The van der Waals surface area contributed by atoms with Crippen molar-refractivity contribution in [2.45, 2.75) is 70.1 Å². The van der Waals surface area contributed by atoms with E-state index in [1.54, 1.807) is 0 Å². The molecule has 0 aromatic heterocycles. The van der Waals surface area contributed by atoms with E-state index in [9.17, 15) is 22.8 Å². The molecular formula is C21H24F3NO3. The van der Waals surface area contributed by atoms with Gasteiger partial charge >= 0.3 is 12.1 Å². The number of amides is 1. The Morgan fingerprint density at radius 1 is 1.11 bits per heavy atom. The Kier molecular flexibility index (Phi) is 6.10. The van der Waals surface area contributed by atoms with Crippen LogP contribution in [0.2, 0.25) is 0 Å². The van der Waals surface area contributed by atoms with Crippen molar-refractivity contribution in [3.8, 4) is 0 Å². The van der Waals surface area contributed by atoms with Crippen LogP contribution in [-0.4, -0.2) is 18.0 Å². The maximum atomic E-state index is 13.5. The lowest BCUT2D eigenvalue weighted by Gasteiger charge is -2.29. The van der Waals surface area contributed by atoms with Crippen LogP contribution in [-0.2, 0) is 20.5 Å². The van der Waals surface area contributed by atoms with Crippen LogP contribution < -0.4 is 5.32 Å². The van der Waals surface area contributed by atoms with Crippen LogP contribution in [0.3, 0.4) is 0 Å². The molecule has 152 valence electrons. The van der Waals surface area contributed by atoms with Gasteiger partial charge in [-0.15, -0.1) is 0 Å². The topological polar surface area (TPSA) is 55.4 Å². The van der Waals surface area contributed by atoms with E-state index in [1.807, 2.05) is 0 Å². The molecule has 1 aliphatic heterocycles. The second-order valence-corrected chi connectivity index (χ2v) is 7.45. The largest absolute Gasteiger partial charge is 0.459 e. The summed E-state index contributed by atoms with van der Waals surface area (Å²) in [4.78, 5) is 25.0. The van der Waals surface area contributed by atoms with E-state index in [0.29, 0.717) is 0 Å². The summed E-state index contributed by atoms with van der Waals surface area (Å²) < 4.78 is 46.2. The van der Waals surface area contributed by atoms with Gasteiger partial charge in [-0.1, -0.05) is 31.0 Å². The summed E-state index contributed by atoms with van der Waals surface area (Å²) in [7, 11) is 0. The number of ether oxygens (including phenoxy) is 1. The maximum Gasteiger partial charge on any atom is 0.416 e. The lowest BCUT2D eigenvalue weighted by molar-refractivity contribution is -0.146. The molecule has 1 N–H and O–H groups in total. The highest BCUT2D eigenvalue weighted by Crippen LogP contribution is 2.41. The average molecular weight is 395 g/mol. The Morgan fingerprint density at radius 2 is 1.75 bits per heavy atom. The standard InChI is InChI=1S/C21H24F3NO3/c1-13-19(20(27)28-14-8-4-2-3-5-9-14)16(12-18(26)25-13)15-10-6-7-11-17(15)21(22,23)24/h6-7,10-11,14,16H,2-5,8-9,12H2,1H3,(H,25,26). The molecule has 7 heteroatoms. The summed E-state index contributed by atoms with van der Waals surface area (Å²) in [5, 5.41) is 2.58. The van der Waals surface area contributed by atoms with E-state index in [4.69, 9.17) is 4.74 Å². The molecule has 1 aromatic carbocycles. The third kappa shape index (κ3) is 4.56. The van der Waals surface area contributed by atoms with Crippen LogP contribution in [0, 0.1) is 0 Å². The summed E-state index contributed by atoms with van der Waals surface area (Å²) in [6, 6.07) is 5.10. The third-order valence-electron chi connectivity index (χ3n) is 5.41. The summed E-state index contributed by atoms with van der Waals surface area (Å²) in [6.07, 6.45) is 0.601. The number of rotatable bonds is 3. The monoisotopic (exact) mass is 395 g/mol. The molecule has 28 heavy (non-hydrogen) atoms. The van der Waals surface area contributed by atoms with E-state index >= 15 is 0 Å². The lowest BCUT2D eigenvalue weighted by atomic mass is 9.82. The Morgan fingerprint density at radius 3 is 2.39 bits per heavy atom. The molecule has 1 fully saturated rings. The van der Waals surface area contributed by atoms with Crippen LogP contribution in [0.15, 0.2) is 35.5 Å². The van der Waals surface area contributed by atoms with Gasteiger partial charge in [-0.25, -0.2) is 4.79 Å². The van der Waals surface area contributed by atoms with Crippen molar-refractivity contribution < 1.29 is 27.5 Å². The average Bonchev–Trinajstić information content (AvgIpc) is 2.89. The Labute approximate surface area is 162 Å². The minimum atomic E-state index is -4.57. The van der Waals surface area contributed by atoms with Crippen molar-refractivity contribution in [2.75, 3.05) is 0 Å². The van der Waals surface area contributed by atoms with Gasteiger partial charge in [0.2, 0.25) is 5.91 Å². The molecule has 2 aliphatic rings. The van der Waals surface area contributed by atoms with Crippen LogP contribution in [0.25, 0.3) is 0 Å². The molecule has 1 amide bonds. The zero-order chi connectivity index (χ0) is 20.3. The second kappa shape index (κ2) is 8.37. The number of alkyl halides is 3. The zero-order valence-electron chi connectivity index (χ0n) is 15.8. The summed E-state index contributed by atoms with van der Waals surface area (Å²) in [6.45, 7) is 1.53. The number of allylic oxidation sites excluding steroid dienone is 1. The molecule has 1 unspecified atom stereocenters. The van der Waals surface area contributed by atoms with Crippen molar-refractivity contribution in [1.82, 2.24) is 5.32 Å². The van der Waals surface area contributed by atoms with Gasteiger partial charge in [-0.05, 0) is 44.2 Å². The molecule has 4 nitrogen and oxygen atoms in total. The number of hydrogen-bond acceptors (Lipinski definition) is 3. The molecule has 1 aromatic rings. The molecule has 1 saturated carbocycles. The highest BCUT2D eigenvalue weighted by Gasteiger charge is 2.40. The minimum absolute atomic E-state index is 0.0722. The Hall–Kier alpha value is -2.31. The number of esters is 1. The van der Waals surface area contributed by atoms with Crippen molar-refractivity contribution in [3.05, 3.63) is 46.7 Å². The van der Waals surface area contributed by atoms with E-state index in [2.05, 4.69) is 5.32 Å². The Bertz CT molecular complexity index is 777. The highest BCUT2D eigenvalue weighted by atomic mass is 19.4. The fourth-order valence-corrected chi connectivity index (χ4v) is 4.07. The lowest BCUT2D eigenvalue weighted by Crippen LogP contribution is -2.35. The first-order valence-corrected chi connectivity index (χ1v) is 9.65. The summed E-state index contributed by atoms with van der Waals surface area (Å²) in [5.41, 5.74) is -0.531. The van der Waals surface area contributed by atoms with Gasteiger partial charge in [-0.3, -0.25) is 4.79 Å². The fourth-order valence-electron chi connectivity index (χ4n) is 4.07. The van der Waals surface area contributed by atoms with E-state index < -0.39 is 29.5 Å². The van der Waals surface area contributed by atoms with E-state index in [1.165, 1.54) is 25.1 Å². The fraction of sp³-hybridized carbons (Fsp3) is 0.524. The normalized spacial score (nSPS) is 21.9. The predicted molar refractivity (Wildman–Crippen MR) is 97.2 cm³/mol. The van der Waals surface area contributed by atoms with E-state index in [0.717, 1.165) is 44.6 Å². The van der Waals surface area contributed by atoms with Gasteiger partial charge < -0.3 is 10.1 Å². The van der Waals surface area contributed by atoms with Crippen LogP contribution in [0.4, 0.5) is 13.2 Å². The Balaban J connectivity index is 1.94. The number of nitrogens with one attached hydrogen (secondary N) is 1. The van der Waals surface area contributed by atoms with Gasteiger partial charge in [0.15, 0.2) is 0 Å². The molecule has 0 radical (unpaired) electrons. The molecule has 1 heterocycles. The van der Waals surface area contributed by atoms with Crippen molar-refractivity contribution >= 4 is 11.9 Å². The highest BCUT2D eigenvalue weighted by molar-refractivity contribution is 5.96. The number of hydrogen-bond donors (Lipinski definition) is 1. The van der Waals surface area contributed by atoms with Gasteiger partial charge in [-0.2, -0.15) is 13.2 Å². The van der Waals surface area contributed by atoms with Gasteiger partial charge in [0.05, 0.1) is 11.1 Å². The molecule has 1 atom stereocenters. The number of carbonyl (C=O) groups excluding carboxylic acids is 2. The summed E-state index contributed by atoms with van der Waals surface area (Å²) in [5.74, 6) is -2.03. The first kappa shape index (κ1) is 20.4. The molecular weight excluding hydrogens is 371 g/mol. The molecule has 0 saturated heterocycles. The number of carbonyl (C=O) groups is 2. The van der Waals surface area contributed by atoms with Gasteiger partial charge in [0.1, 0.15) is 6.10 Å². The number of benzene rings is 1. The minimum Gasteiger partial charge on any atom is -0.459 e. The molecule has 0 spiro atoms. The quantitative estimate of drug-likeness (QED) is 0.588.